The number of carboxylic acid groups (broad SMARTS) is 1. The molecule has 0 spiro atoms. The molecule has 0 radical (unpaired) electrons. The number of aliphatic carboxylic acids is 1. The third kappa shape index (κ3) is 2.92. The van der Waals surface area contributed by atoms with Crippen LogP contribution in [0.3, 0.4) is 0 Å². The summed E-state index contributed by atoms with van der Waals surface area (Å²) in [7, 11) is 0. The number of amides is 1. The van der Waals surface area contributed by atoms with Gasteiger partial charge in [0.05, 0.1) is 0 Å². The Balaban J connectivity index is 1.38. The third-order valence-corrected chi connectivity index (χ3v) is 5.98. The van der Waals surface area contributed by atoms with E-state index in [0.717, 1.165) is 37.6 Å². The quantitative estimate of drug-likeness (QED) is 0.878. The number of para-hydroxylation sites is 1. The minimum atomic E-state index is -0.834. The molecule has 1 aromatic carbocycles. The lowest BCUT2D eigenvalue weighted by molar-refractivity contribution is -0.149. The predicted molar refractivity (Wildman–Crippen MR) is 95.2 cm³/mol. The van der Waals surface area contributed by atoms with Crippen LogP contribution < -0.4 is 0 Å². The number of hydrogen-bond acceptors (Lipinski definition) is 2. The maximum absolute atomic E-state index is 12.6. The molecule has 1 amide bonds. The summed E-state index contributed by atoms with van der Waals surface area (Å²) in [5, 5.41) is 10.8. The molecular weight excluding hydrogens is 316 g/mol. The van der Waals surface area contributed by atoms with Crippen LogP contribution in [-0.2, 0) is 16.0 Å². The van der Waals surface area contributed by atoms with Gasteiger partial charge in [0.15, 0.2) is 0 Å². The van der Waals surface area contributed by atoms with Crippen LogP contribution in [0.15, 0.2) is 30.5 Å². The standard InChI is InChI=1S/C20H24N2O3/c23-18(22-12-14-6-3-8-16(14)19(22)20(24)25)10-4-5-13-11-21-17-9-2-1-7-15(13)17/h1-2,7,9,11,14,16,19,21H,3-6,8,10,12H2,(H,24,25). The summed E-state index contributed by atoms with van der Waals surface area (Å²) in [6.45, 7) is 0.632. The van der Waals surface area contributed by atoms with E-state index >= 15 is 0 Å². The fraction of sp³-hybridized carbons (Fsp3) is 0.500. The number of hydrogen-bond donors (Lipinski definition) is 2. The Hall–Kier alpha value is -2.30. The second kappa shape index (κ2) is 6.54. The number of aromatic nitrogens is 1. The van der Waals surface area contributed by atoms with E-state index in [1.54, 1.807) is 4.90 Å². The molecule has 1 aromatic heterocycles. The number of fused-ring (bicyclic) bond motifs is 2. The highest BCUT2D eigenvalue weighted by Crippen LogP contribution is 2.42. The third-order valence-electron chi connectivity index (χ3n) is 5.98. The van der Waals surface area contributed by atoms with Crippen LogP contribution in [0.25, 0.3) is 10.9 Å². The van der Waals surface area contributed by atoms with Crippen LogP contribution in [0.5, 0.6) is 0 Å². The van der Waals surface area contributed by atoms with Crippen LogP contribution in [0.2, 0.25) is 0 Å². The van der Waals surface area contributed by atoms with Crippen molar-refractivity contribution < 1.29 is 14.7 Å². The average Bonchev–Trinajstić information content (AvgIpc) is 3.28. The molecule has 1 saturated heterocycles. The highest BCUT2D eigenvalue weighted by molar-refractivity contribution is 5.85. The molecule has 0 bridgehead atoms. The van der Waals surface area contributed by atoms with Gasteiger partial charge in [-0.1, -0.05) is 24.6 Å². The molecule has 5 nitrogen and oxygen atoms in total. The normalized spacial score (nSPS) is 25.4. The average molecular weight is 340 g/mol. The number of aromatic amines is 1. The van der Waals surface area contributed by atoms with Gasteiger partial charge in [0.1, 0.15) is 6.04 Å². The second-order valence-corrected chi connectivity index (χ2v) is 7.40. The fourth-order valence-electron chi connectivity index (χ4n) is 4.79. The van der Waals surface area contributed by atoms with Crippen molar-refractivity contribution >= 4 is 22.8 Å². The highest BCUT2D eigenvalue weighted by Gasteiger charge is 2.49. The van der Waals surface area contributed by atoms with Gasteiger partial charge in [-0.15, -0.1) is 0 Å². The van der Waals surface area contributed by atoms with Gasteiger partial charge in [0.25, 0.3) is 0 Å². The van der Waals surface area contributed by atoms with Gasteiger partial charge in [-0.2, -0.15) is 0 Å². The SMILES string of the molecule is O=C(O)C1C2CCCC2CN1C(=O)CCCc1c[nH]c2ccccc12. The number of rotatable bonds is 5. The van der Waals surface area contributed by atoms with Gasteiger partial charge in [0, 0.05) is 30.1 Å². The number of carbonyl (C=O) groups is 2. The van der Waals surface area contributed by atoms with Gasteiger partial charge in [0.2, 0.25) is 5.91 Å². The van der Waals surface area contributed by atoms with Crippen molar-refractivity contribution in [2.45, 2.75) is 44.6 Å². The molecule has 4 rings (SSSR count). The number of carbonyl (C=O) groups excluding carboxylic acids is 1. The molecule has 3 unspecified atom stereocenters. The van der Waals surface area contributed by atoms with Crippen LogP contribution in [0.4, 0.5) is 0 Å². The fourth-order valence-corrected chi connectivity index (χ4v) is 4.79. The van der Waals surface area contributed by atoms with Crippen molar-refractivity contribution in [3.05, 3.63) is 36.0 Å². The van der Waals surface area contributed by atoms with Gasteiger partial charge < -0.3 is 15.0 Å². The Bertz CT molecular complexity index is 797. The number of carboxylic acids is 1. The first-order valence-electron chi connectivity index (χ1n) is 9.22. The van der Waals surface area contributed by atoms with E-state index in [2.05, 4.69) is 11.1 Å². The Kier molecular flexibility index (Phi) is 4.24. The lowest BCUT2D eigenvalue weighted by Gasteiger charge is -2.24. The molecule has 1 saturated carbocycles. The minimum Gasteiger partial charge on any atom is -0.480 e. The van der Waals surface area contributed by atoms with Crippen molar-refractivity contribution in [1.29, 1.82) is 0 Å². The summed E-state index contributed by atoms with van der Waals surface area (Å²) in [5.41, 5.74) is 2.33. The minimum absolute atomic E-state index is 0.00152. The molecule has 1 aliphatic heterocycles. The monoisotopic (exact) mass is 340 g/mol. The Morgan fingerprint density at radius 1 is 1.24 bits per heavy atom. The first-order valence-corrected chi connectivity index (χ1v) is 9.22. The number of nitrogens with zero attached hydrogens (tertiary/aromatic N) is 1. The molecule has 2 N–H and O–H groups in total. The zero-order valence-electron chi connectivity index (χ0n) is 14.3. The number of nitrogens with one attached hydrogen (secondary N) is 1. The summed E-state index contributed by atoms with van der Waals surface area (Å²) in [5.74, 6) is -0.283. The molecule has 132 valence electrons. The summed E-state index contributed by atoms with van der Waals surface area (Å²) < 4.78 is 0. The van der Waals surface area contributed by atoms with Crippen LogP contribution >= 0.6 is 0 Å². The van der Waals surface area contributed by atoms with E-state index in [1.807, 2.05) is 24.4 Å². The van der Waals surface area contributed by atoms with Crippen LogP contribution in [-0.4, -0.2) is 39.5 Å². The van der Waals surface area contributed by atoms with E-state index in [0.29, 0.717) is 18.9 Å². The zero-order chi connectivity index (χ0) is 17.4. The zero-order valence-corrected chi connectivity index (χ0v) is 14.3. The van der Waals surface area contributed by atoms with Crippen molar-refractivity contribution in [3.63, 3.8) is 0 Å². The Labute approximate surface area is 147 Å². The topological polar surface area (TPSA) is 73.4 Å². The van der Waals surface area contributed by atoms with E-state index in [1.165, 1.54) is 10.9 Å². The maximum Gasteiger partial charge on any atom is 0.326 e. The summed E-state index contributed by atoms with van der Waals surface area (Å²) in [4.78, 5) is 29.2. The smallest absolute Gasteiger partial charge is 0.326 e. The summed E-state index contributed by atoms with van der Waals surface area (Å²) in [6.07, 6.45) is 7.11. The summed E-state index contributed by atoms with van der Waals surface area (Å²) in [6, 6.07) is 7.55. The van der Waals surface area contributed by atoms with Crippen molar-refractivity contribution in [2.75, 3.05) is 6.54 Å². The molecule has 2 heterocycles. The number of H-pyrrole nitrogens is 1. The molecule has 2 fully saturated rings. The lowest BCUT2D eigenvalue weighted by atomic mass is 9.94. The molecule has 25 heavy (non-hydrogen) atoms. The number of likely N-dealkylation sites (tertiary alicyclic amines) is 1. The van der Waals surface area contributed by atoms with Crippen molar-refractivity contribution in [1.82, 2.24) is 9.88 Å². The largest absolute Gasteiger partial charge is 0.480 e. The molecule has 2 aliphatic rings. The van der Waals surface area contributed by atoms with Gasteiger partial charge >= 0.3 is 5.97 Å². The molecule has 1 aliphatic carbocycles. The summed E-state index contributed by atoms with van der Waals surface area (Å²) >= 11 is 0. The maximum atomic E-state index is 12.6. The van der Waals surface area contributed by atoms with Gasteiger partial charge in [-0.25, -0.2) is 4.79 Å². The first kappa shape index (κ1) is 16.2. The number of aryl methyl sites for hydroxylation is 1. The van der Waals surface area contributed by atoms with E-state index < -0.39 is 12.0 Å². The van der Waals surface area contributed by atoms with Crippen molar-refractivity contribution in [3.8, 4) is 0 Å². The molecule has 3 atom stereocenters. The van der Waals surface area contributed by atoms with Gasteiger partial charge in [-0.05, 0) is 49.1 Å². The first-order chi connectivity index (χ1) is 12.1. The molecule has 2 aromatic rings. The predicted octanol–water partition coefficient (Wildman–Crippen LogP) is 3.20. The number of benzene rings is 1. The second-order valence-electron chi connectivity index (χ2n) is 7.40. The van der Waals surface area contributed by atoms with E-state index in [-0.39, 0.29) is 11.8 Å². The highest BCUT2D eigenvalue weighted by atomic mass is 16.4. The van der Waals surface area contributed by atoms with Crippen LogP contribution in [0, 0.1) is 11.8 Å². The molecular formula is C20H24N2O3. The van der Waals surface area contributed by atoms with E-state index in [9.17, 15) is 14.7 Å². The van der Waals surface area contributed by atoms with E-state index in [4.69, 9.17) is 0 Å². The van der Waals surface area contributed by atoms with Gasteiger partial charge in [-0.3, -0.25) is 4.79 Å². The van der Waals surface area contributed by atoms with Crippen LogP contribution in [0.1, 0.15) is 37.7 Å². The Morgan fingerprint density at radius 3 is 2.92 bits per heavy atom. The Morgan fingerprint density at radius 2 is 2.08 bits per heavy atom. The van der Waals surface area contributed by atoms with Crippen molar-refractivity contribution in [2.24, 2.45) is 11.8 Å². The lowest BCUT2D eigenvalue weighted by Crippen LogP contribution is -2.43. The molecule has 5 heteroatoms.